The Morgan fingerprint density at radius 2 is 2.00 bits per heavy atom. The fourth-order valence-corrected chi connectivity index (χ4v) is 2.33. The van der Waals surface area contributed by atoms with Gasteiger partial charge in [0, 0.05) is 18.3 Å². The normalized spacial score (nSPS) is 10.6. The summed E-state index contributed by atoms with van der Waals surface area (Å²) in [6, 6.07) is 9.01. The molecule has 7 heteroatoms. The molecule has 1 aromatic heterocycles. The predicted molar refractivity (Wildman–Crippen MR) is 99.5 cm³/mol. The summed E-state index contributed by atoms with van der Waals surface area (Å²) < 4.78 is 4.81. The van der Waals surface area contributed by atoms with Crippen molar-refractivity contribution < 1.29 is 9.53 Å². The van der Waals surface area contributed by atoms with E-state index < -0.39 is 5.97 Å². The van der Waals surface area contributed by atoms with Crippen LogP contribution in [0.1, 0.15) is 22.5 Å². The van der Waals surface area contributed by atoms with Crippen molar-refractivity contribution in [2.75, 3.05) is 44.9 Å². The van der Waals surface area contributed by atoms with E-state index in [1.165, 1.54) is 7.11 Å². The number of ether oxygens (including phenoxy) is 1. The van der Waals surface area contributed by atoms with Gasteiger partial charge in [-0.25, -0.2) is 9.78 Å². The summed E-state index contributed by atoms with van der Waals surface area (Å²) in [5.41, 5.74) is 1.89. The van der Waals surface area contributed by atoms with Crippen molar-refractivity contribution in [1.82, 2.24) is 14.9 Å². The zero-order valence-corrected chi connectivity index (χ0v) is 15.2. The number of methoxy groups -OCH3 is 1. The van der Waals surface area contributed by atoms with Gasteiger partial charge in [0.25, 0.3) is 0 Å². The Morgan fingerprint density at radius 3 is 2.72 bits per heavy atom. The number of anilines is 3. The molecule has 7 nitrogen and oxygen atoms in total. The quantitative estimate of drug-likeness (QED) is 0.563. The molecule has 1 heterocycles. The van der Waals surface area contributed by atoms with Crippen LogP contribution in [-0.2, 0) is 4.74 Å². The molecule has 0 saturated heterocycles. The Kier molecular flexibility index (Phi) is 6.71. The molecule has 1 aromatic carbocycles. The largest absolute Gasteiger partial charge is 0.465 e. The van der Waals surface area contributed by atoms with E-state index in [2.05, 4.69) is 39.6 Å². The lowest BCUT2D eigenvalue weighted by molar-refractivity contribution is 0.0602. The molecule has 0 aliphatic carbocycles. The minimum Gasteiger partial charge on any atom is -0.465 e. The second-order valence-electron chi connectivity index (χ2n) is 5.96. The second-order valence-corrected chi connectivity index (χ2v) is 5.96. The standard InChI is InChI=1S/C18H25N5O2/c1-13-12-16(19-10-7-11-23(2)3)22-18(20-13)21-15-9-6-5-8-14(15)17(24)25-4/h5-6,8-9,12H,7,10-11H2,1-4H3,(H2,19,20,21,22). The van der Waals surface area contributed by atoms with Crippen molar-refractivity contribution >= 4 is 23.4 Å². The molecule has 2 rings (SSSR count). The summed E-state index contributed by atoms with van der Waals surface area (Å²) in [6.07, 6.45) is 1.02. The molecule has 0 aliphatic heterocycles. The van der Waals surface area contributed by atoms with Crippen LogP contribution in [0.5, 0.6) is 0 Å². The molecule has 0 radical (unpaired) electrons. The van der Waals surface area contributed by atoms with Crippen LogP contribution in [-0.4, -0.2) is 55.1 Å². The van der Waals surface area contributed by atoms with Gasteiger partial charge in [-0.3, -0.25) is 0 Å². The minimum absolute atomic E-state index is 0.405. The summed E-state index contributed by atoms with van der Waals surface area (Å²) in [5, 5.41) is 6.41. The monoisotopic (exact) mass is 343 g/mol. The molecular formula is C18H25N5O2. The minimum atomic E-state index is -0.405. The Labute approximate surface area is 148 Å². The van der Waals surface area contributed by atoms with Crippen LogP contribution in [0.15, 0.2) is 30.3 Å². The predicted octanol–water partition coefficient (Wildman–Crippen LogP) is 2.68. The lowest BCUT2D eigenvalue weighted by atomic mass is 10.2. The maximum absolute atomic E-state index is 11.9. The average molecular weight is 343 g/mol. The van der Waals surface area contributed by atoms with Crippen molar-refractivity contribution in [1.29, 1.82) is 0 Å². The van der Waals surface area contributed by atoms with Crippen LogP contribution in [0.2, 0.25) is 0 Å². The van der Waals surface area contributed by atoms with Gasteiger partial charge in [-0.15, -0.1) is 0 Å². The van der Waals surface area contributed by atoms with Gasteiger partial charge in [0.1, 0.15) is 5.82 Å². The highest BCUT2D eigenvalue weighted by molar-refractivity contribution is 5.96. The second kappa shape index (κ2) is 8.98. The third-order valence-electron chi connectivity index (χ3n) is 3.52. The van der Waals surface area contributed by atoms with E-state index >= 15 is 0 Å². The molecule has 0 bridgehead atoms. The number of esters is 1. The number of rotatable bonds is 8. The van der Waals surface area contributed by atoms with Crippen molar-refractivity contribution in [3.05, 3.63) is 41.6 Å². The Morgan fingerprint density at radius 1 is 1.24 bits per heavy atom. The van der Waals surface area contributed by atoms with E-state index in [0.717, 1.165) is 31.0 Å². The van der Waals surface area contributed by atoms with Crippen LogP contribution in [0.3, 0.4) is 0 Å². The van der Waals surface area contributed by atoms with Crippen molar-refractivity contribution in [2.45, 2.75) is 13.3 Å². The number of carbonyl (C=O) groups excluding carboxylic acids is 1. The topological polar surface area (TPSA) is 79.4 Å². The maximum Gasteiger partial charge on any atom is 0.339 e. The number of carbonyl (C=O) groups is 1. The van der Waals surface area contributed by atoms with Gasteiger partial charge in [-0.1, -0.05) is 12.1 Å². The Hall–Kier alpha value is -2.67. The molecule has 25 heavy (non-hydrogen) atoms. The molecule has 0 amide bonds. The molecule has 134 valence electrons. The average Bonchev–Trinajstić information content (AvgIpc) is 2.58. The van der Waals surface area contributed by atoms with Gasteiger partial charge in [-0.2, -0.15) is 4.98 Å². The highest BCUT2D eigenvalue weighted by Gasteiger charge is 2.12. The fourth-order valence-electron chi connectivity index (χ4n) is 2.33. The van der Waals surface area contributed by atoms with E-state index in [1.54, 1.807) is 18.2 Å². The van der Waals surface area contributed by atoms with Gasteiger partial charge in [0.2, 0.25) is 5.95 Å². The highest BCUT2D eigenvalue weighted by atomic mass is 16.5. The molecule has 0 unspecified atom stereocenters. The maximum atomic E-state index is 11.9. The number of hydrogen-bond donors (Lipinski definition) is 2. The Bertz CT molecular complexity index is 718. The summed E-state index contributed by atoms with van der Waals surface area (Å²) in [6.45, 7) is 3.74. The molecule has 0 aliphatic rings. The molecule has 0 spiro atoms. The molecule has 0 saturated carbocycles. The smallest absolute Gasteiger partial charge is 0.339 e. The fraction of sp³-hybridized carbons (Fsp3) is 0.389. The van der Waals surface area contributed by atoms with Gasteiger partial charge in [0.05, 0.1) is 18.4 Å². The van der Waals surface area contributed by atoms with Gasteiger partial charge >= 0.3 is 5.97 Å². The van der Waals surface area contributed by atoms with Gasteiger partial charge < -0.3 is 20.3 Å². The number of aromatic nitrogens is 2. The van der Waals surface area contributed by atoms with E-state index in [9.17, 15) is 4.79 Å². The van der Waals surface area contributed by atoms with E-state index in [0.29, 0.717) is 17.2 Å². The van der Waals surface area contributed by atoms with Gasteiger partial charge in [0.15, 0.2) is 0 Å². The first kappa shape index (κ1) is 18.7. The van der Waals surface area contributed by atoms with Crippen molar-refractivity contribution in [3.8, 4) is 0 Å². The number of hydrogen-bond acceptors (Lipinski definition) is 7. The molecule has 0 fully saturated rings. The first-order chi connectivity index (χ1) is 12.0. The number of nitrogens with zero attached hydrogens (tertiary/aromatic N) is 3. The zero-order valence-electron chi connectivity index (χ0n) is 15.2. The SMILES string of the molecule is COC(=O)c1ccccc1Nc1nc(C)cc(NCCCN(C)C)n1. The Balaban J connectivity index is 2.11. The van der Waals surface area contributed by atoms with Crippen LogP contribution in [0, 0.1) is 6.92 Å². The van der Waals surface area contributed by atoms with Crippen molar-refractivity contribution in [2.24, 2.45) is 0 Å². The van der Waals surface area contributed by atoms with E-state index in [1.807, 2.05) is 19.1 Å². The van der Waals surface area contributed by atoms with Crippen LogP contribution in [0.25, 0.3) is 0 Å². The van der Waals surface area contributed by atoms with Crippen LogP contribution in [0.4, 0.5) is 17.5 Å². The summed E-state index contributed by atoms with van der Waals surface area (Å²) in [7, 11) is 5.46. The summed E-state index contributed by atoms with van der Waals surface area (Å²) in [5.74, 6) is 0.786. The first-order valence-electron chi connectivity index (χ1n) is 8.18. The van der Waals surface area contributed by atoms with Crippen molar-refractivity contribution in [3.63, 3.8) is 0 Å². The molecule has 2 N–H and O–H groups in total. The van der Waals surface area contributed by atoms with E-state index in [4.69, 9.17) is 4.74 Å². The highest BCUT2D eigenvalue weighted by Crippen LogP contribution is 2.20. The lowest BCUT2D eigenvalue weighted by Crippen LogP contribution is -2.17. The number of para-hydroxylation sites is 1. The third-order valence-corrected chi connectivity index (χ3v) is 3.52. The number of aryl methyl sites for hydroxylation is 1. The molecule has 0 atom stereocenters. The molecule has 2 aromatic rings. The number of benzene rings is 1. The van der Waals surface area contributed by atoms with Crippen LogP contribution >= 0.6 is 0 Å². The zero-order chi connectivity index (χ0) is 18.2. The molecular weight excluding hydrogens is 318 g/mol. The first-order valence-corrected chi connectivity index (χ1v) is 8.18. The van der Waals surface area contributed by atoms with Crippen LogP contribution < -0.4 is 10.6 Å². The summed E-state index contributed by atoms with van der Waals surface area (Å²) >= 11 is 0. The number of nitrogens with one attached hydrogen (secondary N) is 2. The third kappa shape index (κ3) is 5.72. The summed E-state index contributed by atoms with van der Waals surface area (Å²) in [4.78, 5) is 22.9. The van der Waals surface area contributed by atoms with Gasteiger partial charge in [-0.05, 0) is 46.1 Å². The lowest BCUT2D eigenvalue weighted by Gasteiger charge is -2.13. The van der Waals surface area contributed by atoms with E-state index in [-0.39, 0.29) is 0 Å².